The Balaban J connectivity index is 2.17. The second-order valence-corrected chi connectivity index (χ2v) is 8.45. The largest absolute Gasteiger partial charge is 0.454 e. The van der Waals surface area contributed by atoms with Gasteiger partial charge >= 0.3 is 0 Å². The summed E-state index contributed by atoms with van der Waals surface area (Å²) in [7, 11) is -7.18. The highest BCUT2D eigenvalue weighted by Gasteiger charge is 2.20. The van der Waals surface area contributed by atoms with Crippen LogP contribution in [0.25, 0.3) is 0 Å². The van der Waals surface area contributed by atoms with E-state index in [1.807, 2.05) is 0 Å². The van der Waals surface area contributed by atoms with Gasteiger partial charge in [0.2, 0.25) is 16.8 Å². The number of rotatable bonds is 5. The van der Waals surface area contributed by atoms with E-state index in [-0.39, 0.29) is 18.2 Å². The van der Waals surface area contributed by atoms with Crippen LogP contribution < -0.4 is 19.9 Å². The number of ether oxygens (including phenoxy) is 2. The Morgan fingerprint density at radius 2 is 1.75 bits per heavy atom. The number of nitrogens with two attached hydrogens (primary N) is 1. The van der Waals surface area contributed by atoms with Crippen molar-refractivity contribution in [3.8, 4) is 11.5 Å². The second-order valence-electron chi connectivity index (χ2n) is 4.34. The van der Waals surface area contributed by atoms with Gasteiger partial charge in [0.05, 0.1) is 22.9 Å². The summed E-state index contributed by atoms with van der Waals surface area (Å²) < 4.78 is 58.0. The number of nitrogens with one attached hydrogen (secondary N) is 1. The quantitative estimate of drug-likeness (QED) is 0.718. The topological polar surface area (TPSA) is 125 Å². The Labute approximate surface area is 116 Å². The van der Waals surface area contributed by atoms with Gasteiger partial charge in [-0.1, -0.05) is 0 Å². The molecule has 0 amide bonds. The highest BCUT2D eigenvalue weighted by Crippen LogP contribution is 2.38. The zero-order valence-corrected chi connectivity index (χ0v) is 12.3. The maximum absolute atomic E-state index is 11.8. The number of fused-ring (bicyclic) bond motifs is 1. The standard InChI is InChI=1S/C10H14N2O6S2/c1-19(13,14)2-3-20(15,16)12-8-5-10-9(4-7(8)11)17-6-18-10/h4-5,12H,2-3,6,11H2,1H3. The van der Waals surface area contributed by atoms with Crippen LogP contribution in [0.1, 0.15) is 0 Å². The Hall–Kier alpha value is -1.68. The van der Waals surface area contributed by atoms with Crippen LogP contribution in [0.5, 0.6) is 11.5 Å². The van der Waals surface area contributed by atoms with Crippen LogP contribution in [0.4, 0.5) is 11.4 Å². The monoisotopic (exact) mass is 322 g/mol. The Morgan fingerprint density at radius 1 is 1.15 bits per heavy atom. The van der Waals surface area contributed by atoms with E-state index >= 15 is 0 Å². The normalized spacial score (nSPS) is 14.2. The molecular weight excluding hydrogens is 308 g/mol. The summed E-state index contributed by atoms with van der Waals surface area (Å²) in [6.07, 6.45) is 0.970. The molecule has 1 aromatic rings. The van der Waals surface area contributed by atoms with Crippen molar-refractivity contribution >= 4 is 31.2 Å². The summed E-state index contributed by atoms with van der Waals surface area (Å²) in [5, 5.41) is 0. The van der Waals surface area contributed by atoms with E-state index in [4.69, 9.17) is 15.2 Å². The third-order valence-electron chi connectivity index (χ3n) is 2.53. The predicted octanol–water partition coefficient (Wildman–Crippen LogP) is -0.216. The van der Waals surface area contributed by atoms with E-state index in [0.717, 1.165) is 6.26 Å². The molecule has 0 spiro atoms. The summed E-state index contributed by atoms with van der Waals surface area (Å²) in [5.41, 5.74) is 5.99. The Morgan fingerprint density at radius 3 is 2.35 bits per heavy atom. The van der Waals surface area contributed by atoms with Gasteiger partial charge in [0, 0.05) is 18.4 Å². The smallest absolute Gasteiger partial charge is 0.233 e. The van der Waals surface area contributed by atoms with Gasteiger partial charge in [-0.15, -0.1) is 0 Å². The molecule has 112 valence electrons. The maximum atomic E-state index is 11.8. The average molecular weight is 322 g/mol. The van der Waals surface area contributed by atoms with E-state index < -0.39 is 31.4 Å². The molecular formula is C10H14N2O6S2. The summed E-state index contributed by atoms with van der Waals surface area (Å²) in [6, 6.07) is 2.84. The summed E-state index contributed by atoms with van der Waals surface area (Å²) in [5.74, 6) is -0.200. The molecule has 1 aromatic carbocycles. The highest BCUT2D eigenvalue weighted by molar-refractivity contribution is 7.95. The van der Waals surface area contributed by atoms with Crippen molar-refractivity contribution in [1.82, 2.24) is 0 Å². The van der Waals surface area contributed by atoms with Crippen molar-refractivity contribution in [2.75, 3.05) is 35.0 Å². The van der Waals surface area contributed by atoms with Gasteiger partial charge in [-0.2, -0.15) is 0 Å². The summed E-state index contributed by atoms with van der Waals surface area (Å²) >= 11 is 0. The third-order valence-corrected chi connectivity index (χ3v) is 5.01. The second kappa shape index (κ2) is 5.02. The first kappa shape index (κ1) is 14.7. The van der Waals surface area contributed by atoms with Gasteiger partial charge in [-0.25, -0.2) is 16.8 Å². The highest BCUT2D eigenvalue weighted by atomic mass is 32.2. The fraction of sp³-hybridized carbons (Fsp3) is 0.400. The molecule has 0 aromatic heterocycles. The minimum absolute atomic E-state index is 0.0407. The lowest BCUT2D eigenvalue weighted by Gasteiger charge is -2.10. The van der Waals surface area contributed by atoms with Crippen molar-refractivity contribution in [1.29, 1.82) is 0 Å². The van der Waals surface area contributed by atoms with Gasteiger partial charge in [-0.3, -0.25) is 4.72 Å². The molecule has 0 unspecified atom stereocenters. The van der Waals surface area contributed by atoms with E-state index in [1.54, 1.807) is 0 Å². The molecule has 0 saturated carbocycles. The van der Waals surface area contributed by atoms with Gasteiger partial charge in [0.15, 0.2) is 11.5 Å². The Bertz CT molecular complexity index is 726. The van der Waals surface area contributed by atoms with Crippen LogP contribution in [-0.2, 0) is 19.9 Å². The van der Waals surface area contributed by atoms with Crippen molar-refractivity contribution in [2.24, 2.45) is 0 Å². The molecule has 0 radical (unpaired) electrons. The number of hydrogen-bond acceptors (Lipinski definition) is 7. The molecule has 1 aliphatic heterocycles. The molecule has 10 heteroatoms. The lowest BCUT2D eigenvalue weighted by Crippen LogP contribution is -2.22. The number of hydrogen-bond donors (Lipinski definition) is 2. The number of anilines is 2. The molecule has 0 aliphatic carbocycles. The molecule has 0 bridgehead atoms. The number of nitrogen functional groups attached to an aromatic ring is 1. The van der Waals surface area contributed by atoms with E-state index in [0.29, 0.717) is 11.5 Å². The molecule has 0 fully saturated rings. The van der Waals surface area contributed by atoms with Crippen LogP contribution in [-0.4, -0.2) is 41.4 Å². The SMILES string of the molecule is CS(=O)(=O)CCS(=O)(=O)Nc1cc2c(cc1N)OCO2. The van der Waals surface area contributed by atoms with Gasteiger partial charge < -0.3 is 15.2 Å². The average Bonchev–Trinajstić information content (AvgIpc) is 2.73. The molecule has 2 rings (SSSR count). The molecule has 1 heterocycles. The van der Waals surface area contributed by atoms with Gasteiger partial charge in [0.25, 0.3) is 0 Å². The molecule has 20 heavy (non-hydrogen) atoms. The lowest BCUT2D eigenvalue weighted by molar-refractivity contribution is 0.174. The lowest BCUT2D eigenvalue weighted by atomic mass is 10.2. The molecule has 0 saturated heterocycles. The molecule has 8 nitrogen and oxygen atoms in total. The predicted molar refractivity (Wildman–Crippen MR) is 74.1 cm³/mol. The minimum Gasteiger partial charge on any atom is -0.454 e. The number of benzene rings is 1. The summed E-state index contributed by atoms with van der Waals surface area (Å²) in [4.78, 5) is 0. The van der Waals surface area contributed by atoms with Crippen LogP contribution in [0.15, 0.2) is 12.1 Å². The first-order valence-corrected chi connectivity index (χ1v) is 9.25. The van der Waals surface area contributed by atoms with Crippen LogP contribution in [0.2, 0.25) is 0 Å². The van der Waals surface area contributed by atoms with Crippen LogP contribution in [0.3, 0.4) is 0 Å². The fourth-order valence-corrected chi connectivity index (χ4v) is 4.23. The zero-order valence-electron chi connectivity index (χ0n) is 10.6. The Kier molecular flexibility index (Phi) is 3.69. The van der Waals surface area contributed by atoms with Crippen molar-refractivity contribution in [3.63, 3.8) is 0 Å². The third kappa shape index (κ3) is 3.67. The summed E-state index contributed by atoms with van der Waals surface area (Å²) in [6.45, 7) is 0.0407. The first-order chi connectivity index (χ1) is 9.16. The van der Waals surface area contributed by atoms with E-state index in [2.05, 4.69) is 4.72 Å². The number of sulfonamides is 1. The van der Waals surface area contributed by atoms with Gasteiger partial charge in [0.1, 0.15) is 9.84 Å². The van der Waals surface area contributed by atoms with Crippen LogP contribution in [0, 0.1) is 0 Å². The van der Waals surface area contributed by atoms with Crippen molar-refractivity contribution in [2.45, 2.75) is 0 Å². The molecule has 1 aliphatic rings. The van der Waals surface area contributed by atoms with E-state index in [1.165, 1.54) is 12.1 Å². The molecule has 3 N–H and O–H groups in total. The number of sulfone groups is 1. The minimum atomic E-state index is -3.81. The van der Waals surface area contributed by atoms with E-state index in [9.17, 15) is 16.8 Å². The van der Waals surface area contributed by atoms with Gasteiger partial charge in [-0.05, 0) is 0 Å². The van der Waals surface area contributed by atoms with Crippen molar-refractivity contribution in [3.05, 3.63) is 12.1 Å². The maximum Gasteiger partial charge on any atom is 0.233 e. The molecule has 0 atom stereocenters. The fourth-order valence-electron chi connectivity index (χ4n) is 1.53. The van der Waals surface area contributed by atoms with Crippen molar-refractivity contribution < 1.29 is 26.3 Å². The zero-order chi connectivity index (χ0) is 15.0. The first-order valence-electron chi connectivity index (χ1n) is 5.54. The van der Waals surface area contributed by atoms with Crippen LogP contribution >= 0.6 is 0 Å².